The maximum absolute atomic E-state index is 13.1. The number of hydrogen-bond donors (Lipinski definition) is 1. The van der Waals surface area contributed by atoms with Crippen LogP contribution in [-0.4, -0.2) is 12.7 Å². The van der Waals surface area contributed by atoms with Crippen molar-refractivity contribution in [3.63, 3.8) is 0 Å². The minimum Gasteiger partial charge on any atom is -0.304 e. The van der Waals surface area contributed by atoms with E-state index < -0.39 is 18.5 Å². The van der Waals surface area contributed by atoms with Gasteiger partial charge in [0.15, 0.2) is 0 Å². The minimum atomic E-state index is -4.26. The average Bonchev–Trinajstić information content (AvgIpc) is 2.09. The second-order valence-electron chi connectivity index (χ2n) is 3.31. The third-order valence-corrected chi connectivity index (χ3v) is 1.84. The second kappa shape index (κ2) is 4.61. The largest absolute Gasteiger partial charge is 0.401 e. The molecule has 0 aromatic heterocycles. The van der Waals surface area contributed by atoms with E-state index in [1.165, 1.54) is 12.1 Å². The Bertz CT molecular complexity index is 333. The van der Waals surface area contributed by atoms with Crippen molar-refractivity contribution in [1.82, 2.24) is 5.32 Å². The van der Waals surface area contributed by atoms with E-state index in [2.05, 4.69) is 5.32 Å². The van der Waals surface area contributed by atoms with Crippen molar-refractivity contribution in [1.29, 1.82) is 0 Å². The molecule has 0 heterocycles. The van der Waals surface area contributed by atoms with Gasteiger partial charge in [0.25, 0.3) is 0 Å². The van der Waals surface area contributed by atoms with Crippen LogP contribution in [0.4, 0.5) is 17.6 Å². The molecule has 0 atom stereocenters. The zero-order chi connectivity index (χ0) is 11.5. The summed E-state index contributed by atoms with van der Waals surface area (Å²) in [5, 5.41) is 2.14. The highest BCUT2D eigenvalue weighted by molar-refractivity contribution is 5.23. The molecular formula is C10H11F4N. The van der Waals surface area contributed by atoms with Gasteiger partial charge in [0, 0.05) is 12.1 Å². The van der Waals surface area contributed by atoms with Gasteiger partial charge in [-0.05, 0) is 13.0 Å². The van der Waals surface area contributed by atoms with E-state index in [1.807, 2.05) is 0 Å². The van der Waals surface area contributed by atoms with Gasteiger partial charge in [0.2, 0.25) is 0 Å². The SMILES string of the molecule is Cc1ccc(F)c(CNCC(F)(F)F)c1. The number of rotatable bonds is 3. The lowest BCUT2D eigenvalue weighted by Crippen LogP contribution is -2.28. The minimum absolute atomic E-state index is 0.118. The Morgan fingerprint density at radius 3 is 2.53 bits per heavy atom. The quantitative estimate of drug-likeness (QED) is 0.774. The number of hydrogen-bond acceptors (Lipinski definition) is 1. The molecule has 0 spiro atoms. The molecule has 0 unspecified atom stereocenters. The average molecular weight is 221 g/mol. The Morgan fingerprint density at radius 2 is 1.93 bits per heavy atom. The molecule has 0 saturated carbocycles. The van der Waals surface area contributed by atoms with Crippen LogP contribution >= 0.6 is 0 Å². The monoisotopic (exact) mass is 221 g/mol. The van der Waals surface area contributed by atoms with Crippen LogP contribution in [0.1, 0.15) is 11.1 Å². The van der Waals surface area contributed by atoms with Gasteiger partial charge in [-0.2, -0.15) is 13.2 Å². The van der Waals surface area contributed by atoms with Crippen LogP contribution in [0.15, 0.2) is 18.2 Å². The maximum atomic E-state index is 13.1. The van der Waals surface area contributed by atoms with E-state index in [0.717, 1.165) is 5.56 Å². The van der Waals surface area contributed by atoms with Crippen molar-refractivity contribution < 1.29 is 17.6 Å². The van der Waals surface area contributed by atoms with Crippen molar-refractivity contribution >= 4 is 0 Å². The van der Waals surface area contributed by atoms with Gasteiger partial charge in [-0.1, -0.05) is 17.7 Å². The van der Waals surface area contributed by atoms with E-state index in [9.17, 15) is 17.6 Å². The number of halogens is 4. The number of aryl methyl sites for hydroxylation is 1. The summed E-state index contributed by atoms with van der Waals surface area (Å²) in [6.45, 7) is 0.528. The molecule has 0 amide bonds. The van der Waals surface area contributed by atoms with Gasteiger partial charge in [-0.15, -0.1) is 0 Å². The summed E-state index contributed by atoms with van der Waals surface area (Å²) in [5.41, 5.74) is 1.07. The fourth-order valence-corrected chi connectivity index (χ4v) is 1.18. The van der Waals surface area contributed by atoms with Crippen molar-refractivity contribution in [3.05, 3.63) is 35.1 Å². The predicted octanol–water partition coefficient (Wildman–Crippen LogP) is 2.79. The standard InChI is InChI=1S/C10H11F4N/c1-7-2-3-9(11)8(4-7)5-15-6-10(12,13)14/h2-4,15H,5-6H2,1H3. The smallest absolute Gasteiger partial charge is 0.304 e. The van der Waals surface area contributed by atoms with Crippen molar-refractivity contribution in [3.8, 4) is 0 Å². The van der Waals surface area contributed by atoms with E-state index in [-0.39, 0.29) is 12.1 Å². The summed E-state index contributed by atoms with van der Waals surface area (Å²) in [4.78, 5) is 0. The van der Waals surface area contributed by atoms with Crippen LogP contribution in [0.25, 0.3) is 0 Å². The van der Waals surface area contributed by atoms with Gasteiger partial charge in [-0.25, -0.2) is 4.39 Å². The lowest BCUT2D eigenvalue weighted by Gasteiger charge is -2.09. The summed E-state index contributed by atoms with van der Waals surface area (Å²) >= 11 is 0. The van der Waals surface area contributed by atoms with Crippen LogP contribution in [0, 0.1) is 12.7 Å². The van der Waals surface area contributed by atoms with Crippen LogP contribution < -0.4 is 5.32 Å². The highest BCUT2D eigenvalue weighted by Crippen LogP contribution is 2.14. The van der Waals surface area contributed by atoms with Crippen LogP contribution in [-0.2, 0) is 6.54 Å². The molecule has 84 valence electrons. The molecule has 1 aromatic rings. The Kier molecular flexibility index (Phi) is 3.68. The number of alkyl halides is 3. The molecule has 15 heavy (non-hydrogen) atoms. The van der Waals surface area contributed by atoms with E-state index in [4.69, 9.17) is 0 Å². The zero-order valence-electron chi connectivity index (χ0n) is 8.16. The first kappa shape index (κ1) is 12.0. The van der Waals surface area contributed by atoms with Gasteiger partial charge >= 0.3 is 6.18 Å². The summed E-state index contributed by atoms with van der Waals surface area (Å²) in [5.74, 6) is -0.490. The number of benzene rings is 1. The molecule has 0 aliphatic heterocycles. The molecule has 1 nitrogen and oxygen atoms in total. The summed E-state index contributed by atoms with van der Waals surface area (Å²) in [6, 6.07) is 4.35. The summed E-state index contributed by atoms with van der Waals surface area (Å²) < 4.78 is 48.4. The molecule has 1 N–H and O–H groups in total. The molecule has 0 saturated heterocycles. The van der Waals surface area contributed by atoms with E-state index in [0.29, 0.717) is 0 Å². The summed E-state index contributed by atoms with van der Waals surface area (Å²) in [7, 11) is 0. The zero-order valence-corrected chi connectivity index (χ0v) is 8.16. The highest BCUT2D eigenvalue weighted by atomic mass is 19.4. The van der Waals surface area contributed by atoms with Gasteiger partial charge in [0.05, 0.1) is 6.54 Å². The molecule has 0 bridgehead atoms. The van der Waals surface area contributed by atoms with Crippen molar-refractivity contribution in [2.24, 2.45) is 0 Å². The Labute approximate surface area is 85.1 Å². The third kappa shape index (κ3) is 4.29. The summed E-state index contributed by atoms with van der Waals surface area (Å²) in [6.07, 6.45) is -4.26. The van der Waals surface area contributed by atoms with Crippen molar-refractivity contribution in [2.45, 2.75) is 19.6 Å². The molecule has 5 heteroatoms. The second-order valence-corrected chi connectivity index (χ2v) is 3.31. The van der Waals surface area contributed by atoms with Crippen LogP contribution in [0.2, 0.25) is 0 Å². The van der Waals surface area contributed by atoms with E-state index in [1.54, 1.807) is 13.0 Å². The van der Waals surface area contributed by atoms with Crippen LogP contribution in [0.3, 0.4) is 0 Å². The molecule has 0 fully saturated rings. The van der Waals surface area contributed by atoms with Gasteiger partial charge in [-0.3, -0.25) is 0 Å². The van der Waals surface area contributed by atoms with Gasteiger partial charge in [0.1, 0.15) is 5.82 Å². The molecule has 1 rings (SSSR count). The molecule has 0 radical (unpaired) electrons. The fraction of sp³-hybridized carbons (Fsp3) is 0.400. The lowest BCUT2D eigenvalue weighted by molar-refractivity contribution is -0.125. The molecular weight excluding hydrogens is 210 g/mol. The van der Waals surface area contributed by atoms with Gasteiger partial charge < -0.3 is 5.32 Å². The first-order valence-electron chi connectivity index (χ1n) is 4.41. The fourth-order valence-electron chi connectivity index (χ4n) is 1.18. The van der Waals surface area contributed by atoms with Crippen LogP contribution in [0.5, 0.6) is 0 Å². The molecule has 0 aliphatic carbocycles. The molecule has 0 aliphatic rings. The normalized spacial score (nSPS) is 11.8. The van der Waals surface area contributed by atoms with E-state index >= 15 is 0 Å². The lowest BCUT2D eigenvalue weighted by atomic mass is 10.1. The first-order chi connectivity index (χ1) is 6.88. The first-order valence-corrected chi connectivity index (χ1v) is 4.41. The highest BCUT2D eigenvalue weighted by Gasteiger charge is 2.26. The predicted molar refractivity (Wildman–Crippen MR) is 48.9 cm³/mol. The Morgan fingerprint density at radius 1 is 1.27 bits per heavy atom. The Balaban J connectivity index is 2.54. The Hall–Kier alpha value is -1.10. The maximum Gasteiger partial charge on any atom is 0.401 e. The third-order valence-electron chi connectivity index (χ3n) is 1.84. The van der Waals surface area contributed by atoms with Crippen molar-refractivity contribution in [2.75, 3.05) is 6.54 Å². The number of nitrogens with one attached hydrogen (secondary N) is 1. The topological polar surface area (TPSA) is 12.0 Å². The molecule has 1 aromatic carbocycles.